The number of aryl methyl sites for hydroxylation is 1. The van der Waals surface area contributed by atoms with Gasteiger partial charge in [-0.15, -0.1) is 0 Å². The number of nitrogens with zero attached hydrogens (tertiary/aromatic N) is 4. The van der Waals surface area contributed by atoms with E-state index < -0.39 is 0 Å². The summed E-state index contributed by atoms with van der Waals surface area (Å²) in [5.74, 6) is 2.22. The third-order valence-corrected chi connectivity index (χ3v) is 5.64. The summed E-state index contributed by atoms with van der Waals surface area (Å²) in [6.45, 7) is 0. The van der Waals surface area contributed by atoms with E-state index in [1.54, 1.807) is 24.0 Å². The Labute approximate surface area is 165 Å². The smallest absolute Gasteiger partial charge is 0.269 e. The van der Waals surface area contributed by atoms with Crippen LogP contribution < -0.4 is 10.3 Å². The van der Waals surface area contributed by atoms with Crippen LogP contribution >= 0.6 is 15.9 Å². The fourth-order valence-electron chi connectivity index (χ4n) is 3.73. The van der Waals surface area contributed by atoms with Gasteiger partial charge in [-0.3, -0.25) is 4.79 Å². The molecule has 4 rings (SSSR count). The van der Waals surface area contributed by atoms with Crippen LogP contribution in [0.4, 0.5) is 0 Å². The van der Waals surface area contributed by atoms with Gasteiger partial charge in [0.25, 0.3) is 5.56 Å². The zero-order chi connectivity index (χ0) is 18.8. The Kier molecular flexibility index (Phi) is 5.20. The zero-order valence-electron chi connectivity index (χ0n) is 15.1. The van der Waals surface area contributed by atoms with Crippen molar-refractivity contribution in [2.75, 3.05) is 0 Å². The number of rotatable bonds is 4. The van der Waals surface area contributed by atoms with Crippen molar-refractivity contribution in [2.24, 2.45) is 13.0 Å². The maximum absolute atomic E-state index is 12.0. The first-order valence-electron chi connectivity index (χ1n) is 9.18. The minimum Gasteiger partial charge on any atom is -0.488 e. The van der Waals surface area contributed by atoms with Crippen molar-refractivity contribution in [3.8, 4) is 5.75 Å². The molecule has 0 aliphatic heterocycles. The maximum atomic E-state index is 12.0. The normalized spacial score (nSPS) is 19.9. The van der Waals surface area contributed by atoms with Gasteiger partial charge in [0.1, 0.15) is 17.1 Å². The van der Waals surface area contributed by atoms with Crippen LogP contribution in [0.25, 0.3) is 11.0 Å². The molecular formula is C20H21BrN4O2. The van der Waals surface area contributed by atoms with Crippen LogP contribution in [0.5, 0.6) is 5.75 Å². The summed E-state index contributed by atoms with van der Waals surface area (Å²) in [5.41, 5.74) is 1.35. The van der Waals surface area contributed by atoms with Crippen molar-refractivity contribution >= 4 is 27.0 Å². The van der Waals surface area contributed by atoms with E-state index in [4.69, 9.17) is 4.74 Å². The summed E-state index contributed by atoms with van der Waals surface area (Å²) < 4.78 is 8.82. The van der Waals surface area contributed by atoms with Crippen LogP contribution in [0.15, 0.2) is 46.1 Å². The summed E-state index contributed by atoms with van der Waals surface area (Å²) in [6, 6.07) is 5.67. The van der Waals surface area contributed by atoms with Crippen LogP contribution in [-0.4, -0.2) is 25.6 Å². The molecule has 0 radical (unpaired) electrons. The second-order valence-electron chi connectivity index (χ2n) is 7.06. The summed E-state index contributed by atoms with van der Waals surface area (Å²) in [6.07, 6.45) is 10.2. The topological polar surface area (TPSA) is 69.9 Å². The highest BCUT2D eigenvalue weighted by Crippen LogP contribution is 2.33. The molecule has 0 bridgehead atoms. The highest BCUT2D eigenvalue weighted by molar-refractivity contribution is 9.10. The van der Waals surface area contributed by atoms with E-state index in [2.05, 4.69) is 30.9 Å². The van der Waals surface area contributed by atoms with Crippen molar-refractivity contribution in [2.45, 2.75) is 38.2 Å². The van der Waals surface area contributed by atoms with Gasteiger partial charge in [0, 0.05) is 30.3 Å². The third kappa shape index (κ3) is 4.03. The van der Waals surface area contributed by atoms with Crippen molar-refractivity contribution in [1.82, 2.24) is 19.5 Å². The highest BCUT2D eigenvalue weighted by atomic mass is 79.9. The predicted molar refractivity (Wildman–Crippen MR) is 107 cm³/mol. The maximum Gasteiger partial charge on any atom is 0.269 e. The van der Waals surface area contributed by atoms with Crippen molar-refractivity contribution in [3.05, 3.63) is 57.4 Å². The van der Waals surface area contributed by atoms with E-state index in [-0.39, 0.29) is 11.7 Å². The summed E-state index contributed by atoms with van der Waals surface area (Å²) in [7, 11) is 1.75. The number of fused-ring (bicyclic) bond motifs is 1. The lowest BCUT2D eigenvalue weighted by Crippen LogP contribution is -2.26. The van der Waals surface area contributed by atoms with Crippen molar-refractivity contribution in [1.29, 1.82) is 0 Å². The van der Waals surface area contributed by atoms with Gasteiger partial charge >= 0.3 is 0 Å². The molecular weight excluding hydrogens is 408 g/mol. The molecule has 1 aliphatic carbocycles. The fourth-order valence-corrected chi connectivity index (χ4v) is 4.16. The Bertz CT molecular complexity index is 998. The summed E-state index contributed by atoms with van der Waals surface area (Å²) in [5, 5.41) is 0. The molecule has 1 fully saturated rings. The zero-order valence-corrected chi connectivity index (χ0v) is 16.7. The minimum absolute atomic E-state index is 0.138. The minimum atomic E-state index is -0.138. The van der Waals surface area contributed by atoms with E-state index in [9.17, 15) is 4.79 Å². The molecule has 0 amide bonds. The van der Waals surface area contributed by atoms with Crippen LogP contribution in [0, 0.1) is 5.92 Å². The molecule has 1 aromatic carbocycles. The molecule has 0 unspecified atom stereocenters. The highest BCUT2D eigenvalue weighted by Gasteiger charge is 2.24. The number of ether oxygens (including phenoxy) is 1. The Balaban J connectivity index is 1.48. The summed E-state index contributed by atoms with van der Waals surface area (Å²) in [4.78, 5) is 24.9. The number of hydrogen-bond acceptors (Lipinski definition) is 5. The Hall–Kier alpha value is -2.28. The predicted octanol–water partition coefficient (Wildman–Crippen LogP) is 3.67. The van der Waals surface area contributed by atoms with E-state index in [0.717, 1.165) is 53.4 Å². The first-order valence-corrected chi connectivity index (χ1v) is 9.97. The molecule has 27 heavy (non-hydrogen) atoms. The average Bonchev–Trinajstić information content (AvgIpc) is 2.67. The van der Waals surface area contributed by atoms with Gasteiger partial charge in [-0.2, -0.15) is 0 Å². The molecule has 7 heteroatoms. The van der Waals surface area contributed by atoms with Crippen molar-refractivity contribution < 1.29 is 4.74 Å². The lowest BCUT2D eigenvalue weighted by Gasteiger charge is -2.29. The molecule has 0 N–H and O–H groups in total. The molecule has 0 atom stereocenters. The lowest BCUT2D eigenvalue weighted by atomic mass is 9.85. The van der Waals surface area contributed by atoms with Crippen LogP contribution in [-0.2, 0) is 13.5 Å². The standard InChI is InChI=1S/C20H21BrN4O2/c1-25-19(26)12-24-16-10-14(21)11-17(20(16)25)27-15-5-3-13(4-6-15)9-18-22-7-2-8-23-18/h2,7-8,10-13,15H,3-6,9H2,1H3. The Morgan fingerprint density at radius 1 is 1.15 bits per heavy atom. The molecule has 1 aliphatic rings. The second kappa shape index (κ2) is 7.76. The van der Waals surface area contributed by atoms with E-state index in [1.807, 2.05) is 18.2 Å². The van der Waals surface area contributed by atoms with Gasteiger partial charge in [0.2, 0.25) is 0 Å². The quantitative estimate of drug-likeness (QED) is 0.633. The van der Waals surface area contributed by atoms with Gasteiger partial charge < -0.3 is 9.30 Å². The van der Waals surface area contributed by atoms with Gasteiger partial charge in [0.15, 0.2) is 0 Å². The summed E-state index contributed by atoms with van der Waals surface area (Å²) >= 11 is 3.52. The van der Waals surface area contributed by atoms with Crippen LogP contribution in [0.2, 0.25) is 0 Å². The number of benzene rings is 1. The number of hydrogen-bond donors (Lipinski definition) is 0. The largest absolute Gasteiger partial charge is 0.488 e. The molecule has 2 heterocycles. The number of halogens is 1. The monoisotopic (exact) mass is 428 g/mol. The molecule has 3 aromatic rings. The molecule has 1 saturated carbocycles. The first kappa shape index (κ1) is 18.1. The molecule has 0 spiro atoms. The van der Waals surface area contributed by atoms with Crippen molar-refractivity contribution in [3.63, 3.8) is 0 Å². The number of aromatic nitrogens is 4. The lowest BCUT2D eigenvalue weighted by molar-refractivity contribution is 0.131. The van der Waals surface area contributed by atoms with Gasteiger partial charge in [-0.05, 0) is 49.8 Å². The SMILES string of the molecule is Cn1c(=O)cnc2cc(Br)cc(OC3CCC(Cc4ncccn4)CC3)c21. The fraction of sp³-hybridized carbons (Fsp3) is 0.400. The van der Waals surface area contributed by atoms with Crippen LogP contribution in [0.3, 0.4) is 0 Å². The van der Waals surface area contributed by atoms with Gasteiger partial charge in [0.05, 0.1) is 17.8 Å². The van der Waals surface area contributed by atoms with E-state index in [0.29, 0.717) is 11.7 Å². The molecule has 2 aromatic heterocycles. The second-order valence-corrected chi connectivity index (χ2v) is 7.97. The molecule has 6 nitrogen and oxygen atoms in total. The Morgan fingerprint density at radius 2 is 1.89 bits per heavy atom. The first-order chi connectivity index (χ1) is 13.1. The Morgan fingerprint density at radius 3 is 2.63 bits per heavy atom. The molecule has 140 valence electrons. The third-order valence-electron chi connectivity index (χ3n) is 5.18. The van der Waals surface area contributed by atoms with E-state index >= 15 is 0 Å². The van der Waals surface area contributed by atoms with Crippen LogP contribution in [0.1, 0.15) is 31.5 Å². The van der Waals surface area contributed by atoms with E-state index in [1.165, 1.54) is 6.20 Å². The molecule has 0 saturated heterocycles. The van der Waals surface area contributed by atoms with Gasteiger partial charge in [-0.1, -0.05) is 15.9 Å². The average molecular weight is 429 g/mol. The van der Waals surface area contributed by atoms with Gasteiger partial charge in [-0.25, -0.2) is 15.0 Å².